The molecule has 3 saturated carbocycles. The van der Waals surface area contributed by atoms with Crippen LogP contribution in [-0.2, 0) is 0 Å². The molecule has 2 N–H and O–H groups in total. The molecule has 0 saturated heterocycles. The molecule has 0 spiro atoms. The van der Waals surface area contributed by atoms with Gasteiger partial charge in [0.15, 0.2) is 0 Å². The molecule has 3 fully saturated rings. The average Bonchev–Trinajstić information content (AvgIpc) is 2.78. The molecule has 9 atom stereocenters. The van der Waals surface area contributed by atoms with Gasteiger partial charge in [-0.2, -0.15) is 0 Å². The van der Waals surface area contributed by atoms with Crippen LogP contribution in [-0.4, -0.2) is 22.9 Å². The van der Waals surface area contributed by atoms with Gasteiger partial charge in [-0.05, 0) is 101 Å². The van der Waals surface area contributed by atoms with E-state index in [1.165, 1.54) is 32.1 Å². The molecule has 5 rings (SSSR count). The molecular formula is C32H48O2. The molecule has 0 aromatic rings. The van der Waals surface area contributed by atoms with Gasteiger partial charge in [-0.25, -0.2) is 0 Å². The summed E-state index contributed by atoms with van der Waals surface area (Å²) in [7, 11) is 0. The van der Waals surface area contributed by atoms with Gasteiger partial charge in [0, 0.05) is 12.5 Å². The summed E-state index contributed by atoms with van der Waals surface area (Å²) in [5.41, 5.74) is 3.79. The molecule has 0 aliphatic heterocycles. The summed E-state index contributed by atoms with van der Waals surface area (Å²) in [6, 6.07) is 0. The van der Waals surface area contributed by atoms with E-state index in [4.69, 9.17) is 6.42 Å². The molecule has 0 radical (unpaired) electrons. The van der Waals surface area contributed by atoms with E-state index in [2.05, 4.69) is 66.5 Å². The summed E-state index contributed by atoms with van der Waals surface area (Å²) < 4.78 is 0. The van der Waals surface area contributed by atoms with Crippen molar-refractivity contribution in [2.24, 2.45) is 50.2 Å². The van der Waals surface area contributed by atoms with Crippen molar-refractivity contribution in [1.29, 1.82) is 0 Å². The lowest BCUT2D eigenvalue weighted by molar-refractivity contribution is -0.193. The summed E-state index contributed by atoms with van der Waals surface area (Å²) in [5, 5.41) is 21.4. The van der Waals surface area contributed by atoms with Gasteiger partial charge >= 0.3 is 0 Å². The summed E-state index contributed by atoms with van der Waals surface area (Å²) in [5.74, 6) is 3.86. The van der Waals surface area contributed by atoms with Crippen molar-refractivity contribution >= 4 is 0 Å². The monoisotopic (exact) mass is 464 g/mol. The van der Waals surface area contributed by atoms with E-state index < -0.39 is 6.10 Å². The maximum atomic E-state index is 11.2. The van der Waals surface area contributed by atoms with E-state index in [-0.39, 0.29) is 45.0 Å². The molecule has 5 aliphatic rings. The van der Waals surface area contributed by atoms with E-state index in [1.54, 1.807) is 11.1 Å². The molecule has 0 amide bonds. The Labute approximate surface area is 208 Å². The zero-order chi connectivity index (χ0) is 24.9. The minimum absolute atomic E-state index is 0.0128. The Hall–Kier alpha value is -1.04. The van der Waals surface area contributed by atoms with Crippen LogP contribution in [0.1, 0.15) is 99.8 Å². The standard InChI is InChI=1S/C32H48O2/c1-9-21-18-30(6)24(27(2,3)26(21)34)12-13-32(8)25(30)11-10-22-23-19-28(4,20-33)14-15-29(23,5)16-17-31(22,32)7/h1,10-11,21,24-26,33-34H,12-20H2,2-8H3. The Bertz CT molecular complexity index is 981. The van der Waals surface area contributed by atoms with Gasteiger partial charge < -0.3 is 10.2 Å². The first-order valence-corrected chi connectivity index (χ1v) is 13.9. The topological polar surface area (TPSA) is 40.5 Å². The van der Waals surface area contributed by atoms with Crippen LogP contribution in [0, 0.1) is 62.6 Å². The van der Waals surface area contributed by atoms with Crippen LogP contribution in [0.2, 0.25) is 0 Å². The first-order chi connectivity index (χ1) is 15.7. The SMILES string of the molecule is C#CC1CC2(C)C(CCC3(C)C2C=CC2=C4CC(C)(CO)CCC4(C)CCC23C)C(C)(C)C1O. The largest absolute Gasteiger partial charge is 0.396 e. The molecule has 2 heteroatoms. The van der Waals surface area contributed by atoms with E-state index in [9.17, 15) is 10.2 Å². The second-order valence-corrected chi connectivity index (χ2v) is 15.0. The molecular weight excluding hydrogens is 416 g/mol. The van der Waals surface area contributed by atoms with E-state index in [0.29, 0.717) is 11.8 Å². The average molecular weight is 465 g/mol. The van der Waals surface area contributed by atoms with Crippen molar-refractivity contribution in [2.75, 3.05) is 6.61 Å². The highest BCUT2D eigenvalue weighted by Crippen LogP contribution is 2.74. The quantitative estimate of drug-likeness (QED) is 0.413. The number of fused-ring (bicyclic) bond motifs is 6. The number of aliphatic hydroxyl groups is 2. The van der Waals surface area contributed by atoms with Crippen LogP contribution >= 0.6 is 0 Å². The van der Waals surface area contributed by atoms with Crippen molar-refractivity contribution in [3.63, 3.8) is 0 Å². The predicted molar refractivity (Wildman–Crippen MR) is 140 cm³/mol. The van der Waals surface area contributed by atoms with Crippen LogP contribution in [0.25, 0.3) is 0 Å². The van der Waals surface area contributed by atoms with Crippen molar-refractivity contribution in [1.82, 2.24) is 0 Å². The highest BCUT2D eigenvalue weighted by molar-refractivity contribution is 5.45. The van der Waals surface area contributed by atoms with Gasteiger partial charge in [-0.1, -0.05) is 66.2 Å². The number of hydrogen-bond acceptors (Lipinski definition) is 2. The molecule has 0 aromatic heterocycles. The Morgan fingerprint density at radius 1 is 1.00 bits per heavy atom. The molecule has 188 valence electrons. The zero-order valence-electron chi connectivity index (χ0n) is 22.8. The summed E-state index contributed by atoms with van der Waals surface area (Å²) in [6.45, 7) is 17.2. The van der Waals surface area contributed by atoms with Crippen LogP contribution < -0.4 is 0 Å². The maximum absolute atomic E-state index is 11.2. The van der Waals surface area contributed by atoms with E-state index in [1.807, 2.05) is 0 Å². The Kier molecular flexibility index (Phi) is 5.26. The number of aliphatic hydroxyl groups excluding tert-OH is 2. The summed E-state index contributed by atoms with van der Waals surface area (Å²) in [6.07, 6.45) is 19.9. The van der Waals surface area contributed by atoms with Crippen molar-refractivity contribution in [2.45, 2.75) is 106 Å². The predicted octanol–water partition coefficient (Wildman–Crippen LogP) is 6.92. The van der Waals surface area contributed by atoms with Crippen LogP contribution in [0.4, 0.5) is 0 Å². The minimum Gasteiger partial charge on any atom is -0.396 e. The van der Waals surface area contributed by atoms with Gasteiger partial charge in [0.05, 0.1) is 6.10 Å². The van der Waals surface area contributed by atoms with Gasteiger partial charge in [-0.3, -0.25) is 0 Å². The molecule has 0 bridgehead atoms. The maximum Gasteiger partial charge on any atom is 0.0731 e. The lowest BCUT2D eigenvalue weighted by Crippen LogP contribution is -2.64. The Balaban J connectivity index is 1.65. The van der Waals surface area contributed by atoms with E-state index >= 15 is 0 Å². The van der Waals surface area contributed by atoms with Gasteiger partial charge in [0.25, 0.3) is 0 Å². The Morgan fingerprint density at radius 2 is 1.68 bits per heavy atom. The molecule has 2 nitrogen and oxygen atoms in total. The first kappa shape index (κ1) is 24.6. The second-order valence-electron chi connectivity index (χ2n) is 15.0. The zero-order valence-corrected chi connectivity index (χ0v) is 22.8. The third-order valence-electron chi connectivity index (χ3n) is 12.9. The number of rotatable bonds is 1. The summed E-state index contributed by atoms with van der Waals surface area (Å²) in [4.78, 5) is 0. The minimum atomic E-state index is -0.422. The normalized spacial score (nSPS) is 53.8. The molecule has 0 aromatic carbocycles. The number of terminal acetylenes is 1. The van der Waals surface area contributed by atoms with E-state index in [0.717, 1.165) is 19.3 Å². The Morgan fingerprint density at radius 3 is 2.32 bits per heavy atom. The molecule has 5 aliphatic carbocycles. The van der Waals surface area contributed by atoms with Gasteiger partial charge in [0.2, 0.25) is 0 Å². The van der Waals surface area contributed by atoms with Crippen molar-refractivity contribution in [3.8, 4) is 12.3 Å². The van der Waals surface area contributed by atoms with Crippen molar-refractivity contribution in [3.05, 3.63) is 23.3 Å². The smallest absolute Gasteiger partial charge is 0.0731 e. The fourth-order valence-corrected chi connectivity index (χ4v) is 10.2. The molecule has 0 heterocycles. The third kappa shape index (κ3) is 2.90. The third-order valence-corrected chi connectivity index (χ3v) is 12.9. The molecule has 34 heavy (non-hydrogen) atoms. The van der Waals surface area contributed by atoms with Crippen LogP contribution in [0.15, 0.2) is 23.3 Å². The van der Waals surface area contributed by atoms with Crippen molar-refractivity contribution < 1.29 is 10.2 Å². The van der Waals surface area contributed by atoms with Gasteiger partial charge in [-0.15, -0.1) is 12.3 Å². The van der Waals surface area contributed by atoms with Gasteiger partial charge in [0.1, 0.15) is 0 Å². The number of allylic oxidation sites excluding steroid dienone is 4. The number of hydrogen-bond donors (Lipinski definition) is 2. The highest BCUT2D eigenvalue weighted by Gasteiger charge is 2.67. The lowest BCUT2D eigenvalue weighted by atomic mass is 9.34. The lowest BCUT2D eigenvalue weighted by Gasteiger charge is -2.70. The molecule has 9 unspecified atom stereocenters. The van der Waals surface area contributed by atoms with Crippen LogP contribution in [0.3, 0.4) is 0 Å². The fraction of sp³-hybridized carbons (Fsp3) is 0.812. The fourth-order valence-electron chi connectivity index (χ4n) is 10.2. The summed E-state index contributed by atoms with van der Waals surface area (Å²) >= 11 is 0. The van der Waals surface area contributed by atoms with Crippen LogP contribution in [0.5, 0.6) is 0 Å². The second kappa shape index (κ2) is 7.26. The first-order valence-electron chi connectivity index (χ1n) is 13.9. The highest BCUT2D eigenvalue weighted by atomic mass is 16.3.